The number of hydrogen-bond acceptors (Lipinski definition) is 6. The molecule has 1 aromatic heterocycles. The standard InChI is InChI=1S/C27H39N3O2.C23H37BrO2.2CH4/c1-4-27-13-12-25(2,32)15-18(27)5-6-20-21-7-8-23(26(21,3)11-9-22(20)27)24(31)17-30-14-10-19(16-28)29-30;1-4-23-12-11-21(2,26)13-15(23)5-6-16-17-7-8-19(20(25)14-24)22(17,3)10-9-18(16)23;;/h10,14,18,20-23,32H,4-9,11-13,15,17H2,1-3H3;15-19,26H,4-14H2,1-3H3;2*1H4/t18-,20-,21-,22-,23+,25+,26-,27-;15-,16-,17-,18-,19+,21+,22-,23-;;/m00../s1. The van der Waals surface area contributed by atoms with E-state index in [9.17, 15) is 19.8 Å². The topological polar surface area (TPSA) is 116 Å². The third-order valence-corrected chi connectivity index (χ3v) is 21.2. The Labute approximate surface area is 373 Å². The van der Waals surface area contributed by atoms with Gasteiger partial charge in [-0.2, -0.15) is 10.4 Å². The Hall–Kier alpha value is -1.56. The van der Waals surface area contributed by atoms with Crippen LogP contribution in [0.5, 0.6) is 0 Å². The van der Waals surface area contributed by atoms with Crippen LogP contribution in [0.1, 0.15) is 191 Å². The van der Waals surface area contributed by atoms with E-state index >= 15 is 0 Å². The van der Waals surface area contributed by atoms with Gasteiger partial charge in [-0.05, 0) is 217 Å². The first-order valence-corrected chi connectivity index (χ1v) is 25.1. The Kier molecular flexibility index (Phi) is 13.9. The van der Waals surface area contributed by atoms with Gasteiger partial charge in [-0.1, -0.05) is 58.5 Å². The molecule has 0 aliphatic heterocycles. The van der Waals surface area contributed by atoms with Crippen molar-refractivity contribution in [2.75, 3.05) is 5.33 Å². The van der Waals surface area contributed by atoms with Crippen LogP contribution in [-0.4, -0.2) is 48.1 Å². The van der Waals surface area contributed by atoms with Gasteiger partial charge >= 0.3 is 0 Å². The van der Waals surface area contributed by atoms with Gasteiger partial charge in [0.25, 0.3) is 0 Å². The van der Waals surface area contributed by atoms with E-state index in [1.54, 1.807) is 16.9 Å². The second kappa shape index (κ2) is 17.4. The molecule has 1 heterocycles. The van der Waals surface area contributed by atoms with E-state index in [2.05, 4.69) is 61.7 Å². The van der Waals surface area contributed by atoms with Gasteiger partial charge in [-0.15, -0.1) is 0 Å². The maximum atomic E-state index is 13.4. The van der Waals surface area contributed by atoms with Crippen molar-refractivity contribution < 1.29 is 19.8 Å². The molecule has 0 aromatic carbocycles. The average molecular weight is 895 g/mol. The molecule has 0 amide bonds. The lowest BCUT2D eigenvalue weighted by atomic mass is 9.42. The monoisotopic (exact) mass is 894 g/mol. The number of alkyl halides is 1. The predicted molar refractivity (Wildman–Crippen MR) is 245 cm³/mol. The van der Waals surface area contributed by atoms with Gasteiger partial charge in [0.2, 0.25) is 0 Å². The summed E-state index contributed by atoms with van der Waals surface area (Å²) in [5.41, 5.74) is 0.657. The largest absolute Gasteiger partial charge is 0.390 e. The number of nitrogens with zero attached hydrogens (tertiary/aromatic N) is 3. The normalized spacial score (nSPS) is 47.4. The fourth-order valence-corrected chi connectivity index (χ4v) is 18.2. The second-order valence-corrected chi connectivity index (χ2v) is 23.4. The molecule has 8 fully saturated rings. The van der Waals surface area contributed by atoms with Crippen molar-refractivity contribution in [1.29, 1.82) is 5.26 Å². The highest BCUT2D eigenvalue weighted by Gasteiger charge is 2.64. The van der Waals surface area contributed by atoms with Crippen LogP contribution in [0.2, 0.25) is 0 Å². The molecular formula is C52H84BrN3O4. The first kappa shape index (κ1) is 47.9. The van der Waals surface area contributed by atoms with Crippen molar-refractivity contribution >= 4 is 27.5 Å². The first-order chi connectivity index (χ1) is 27.5. The third kappa shape index (κ3) is 7.77. The number of ketones is 2. The van der Waals surface area contributed by atoms with Crippen LogP contribution in [0, 0.1) is 92.2 Å². The van der Waals surface area contributed by atoms with Gasteiger partial charge in [0, 0.05) is 18.0 Å². The van der Waals surface area contributed by atoms with Crippen molar-refractivity contribution in [2.45, 2.75) is 203 Å². The Bertz CT molecular complexity index is 1750. The summed E-state index contributed by atoms with van der Waals surface area (Å²) in [6.45, 7) is 14.1. The Morgan fingerprint density at radius 2 is 1.17 bits per heavy atom. The molecule has 0 unspecified atom stereocenters. The molecule has 7 nitrogen and oxygen atoms in total. The highest BCUT2D eigenvalue weighted by molar-refractivity contribution is 9.09. The molecular weight excluding hydrogens is 810 g/mol. The number of carbonyl (C=O) groups excluding carboxylic acids is 2. The van der Waals surface area contributed by atoms with Crippen LogP contribution in [0.3, 0.4) is 0 Å². The molecule has 0 bridgehead atoms. The summed E-state index contributed by atoms with van der Waals surface area (Å²) in [6, 6.07) is 3.73. The van der Waals surface area contributed by atoms with Crippen LogP contribution in [0.25, 0.3) is 0 Å². The van der Waals surface area contributed by atoms with E-state index in [0.29, 0.717) is 57.7 Å². The van der Waals surface area contributed by atoms with Gasteiger partial charge in [-0.3, -0.25) is 14.3 Å². The van der Waals surface area contributed by atoms with Gasteiger partial charge in [0.05, 0.1) is 23.1 Å². The number of aromatic nitrogens is 2. The smallest absolute Gasteiger partial charge is 0.162 e. The van der Waals surface area contributed by atoms with Crippen LogP contribution in [0.4, 0.5) is 0 Å². The summed E-state index contributed by atoms with van der Waals surface area (Å²) >= 11 is 3.44. The molecule has 16 atom stereocenters. The number of rotatable bonds is 7. The van der Waals surface area contributed by atoms with Gasteiger partial charge < -0.3 is 10.2 Å². The second-order valence-electron chi connectivity index (χ2n) is 22.8. The van der Waals surface area contributed by atoms with Crippen molar-refractivity contribution in [1.82, 2.24) is 9.78 Å². The maximum absolute atomic E-state index is 13.4. The lowest BCUT2D eigenvalue weighted by Crippen LogP contribution is -2.56. The molecule has 0 saturated heterocycles. The lowest BCUT2D eigenvalue weighted by Gasteiger charge is -2.63. The zero-order chi connectivity index (χ0) is 41.5. The molecule has 60 heavy (non-hydrogen) atoms. The number of aliphatic hydroxyl groups is 2. The number of halogens is 1. The Morgan fingerprint density at radius 1 is 0.700 bits per heavy atom. The summed E-state index contributed by atoms with van der Waals surface area (Å²) < 4.78 is 1.65. The zero-order valence-electron chi connectivity index (χ0n) is 36.9. The minimum atomic E-state index is -0.484. The number of Topliss-reactive ketones (excluding diaryl/α,β-unsaturated/α-hetero) is 2. The van der Waals surface area contributed by atoms with Gasteiger partial charge in [0.1, 0.15) is 11.9 Å². The highest BCUT2D eigenvalue weighted by atomic mass is 79.9. The molecule has 9 rings (SSSR count). The maximum Gasteiger partial charge on any atom is 0.162 e. The van der Waals surface area contributed by atoms with Crippen LogP contribution in [0.15, 0.2) is 12.3 Å². The number of hydrogen-bond donors (Lipinski definition) is 2. The van der Waals surface area contributed by atoms with Crippen LogP contribution >= 0.6 is 15.9 Å². The van der Waals surface area contributed by atoms with Crippen molar-refractivity contribution in [2.24, 2.45) is 80.8 Å². The Morgan fingerprint density at radius 3 is 1.58 bits per heavy atom. The molecule has 0 spiro atoms. The third-order valence-electron chi connectivity index (χ3n) is 20.6. The van der Waals surface area contributed by atoms with Crippen LogP contribution < -0.4 is 0 Å². The fourth-order valence-electron chi connectivity index (χ4n) is 17.8. The molecule has 2 N–H and O–H groups in total. The number of nitriles is 1. The van der Waals surface area contributed by atoms with E-state index in [0.717, 1.165) is 74.5 Å². The fraction of sp³-hybridized carbons (Fsp3) is 0.885. The summed E-state index contributed by atoms with van der Waals surface area (Å²) in [4.78, 5) is 26.0. The zero-order valence-corrected chi connectivity index (χ0v) is 38.5. The predicted octanol–water partition coefficient (Wildman–Crippen LogP) is 12.1. The number of carbonyl (C=O) groups is 2. The molecule has 1 aromatic rings. The van der Waals surface area contributed by atoms with E-state index < -0.39 is 11.2 Å². The minimum Gasteiger partial charge on any atom is -0.390 e. The lowest BCUT2D eigenvalue weighted by molar-refractivity contribution is -0.158. The molecule has 338 valence electrons. The van der Waals surface area contributed by atoms with E-state index in [4.69, 9.17) is 5.26 Å². The molecule has 8 saturated carbocycles. The van der Waals surface area contributed by atoms with Crippen molar-refractivity contribution in [3.05, 3.63) is 18.0 Å². The quantitative estimate of drug-likeness (QED) is 0.263. The summed E-state index contributed by atoms with van der Waals surface area (Å²) in [5.74, 6) is 7.07. The molecule has 8 aliphatic rings. The summed E-state index contributed by atoms with van der Waals surface area (Å²) in [7, 11) is 0. The summed E-state index contributed by atoms with van der Waals surface area (Å²) in [6.07, 6.45) is 25.3. The Balaban J connectivity index is 0.000000199. The SMILES string of the molecule is C.C.CC[C@]12CC[C@@](C)(O)C[C@@H]1CC[C@H]1[C@@H]3CC[C@H](C(=O)CBr)[C@@]3(C)CC[C@@H]12.CC[C@]12CC[C@@](C)(O)C[C@@H]1CC[C@H]1[C@@H]3CC[C@H](C(=O)Cn4ccc(C#N)n4)[C@@]3(C)CC[C@@H]12. The average Bonchev–Trinajstić information content (AvgIpc) is 3.91. The van der Waals surface area contributed by atoms with Gasteiger partial charge in [-0.25, -0.2) is 0 Å². The molecule has 8 aliphatic carbocycles. The van der Waals surface area contributed by atoms with E-state index in [1.807, 2.05) is 6.92 Å². The van der Waals surface area contributed by atoms with Crippen LogP contribution in [-0.2, 0) is 16.1 Å². The van der Waals surface area contributed by atoms with E-state index in [1.165, 1.54) is 83.5 Å². The molecule has 8 heteroatoms. The highest BCUT2D eigenvalue weighted by Crippen LogP contribution is 2.71. The molecule has 0 radical (unpaired) electrons. The van der Waals surface area contributed by atoms with Gasteiger partial charge in [0.15, 0.2) is 11.5 Å². The van der Waals surface area contributed by atoms with Crippen molar-refractivity contribution in [3.8, 4) is 6.07 Å². The number of fused-ring (bicyclic) bond motifs is 10. The summed E-state index contributed by atoms with van der Waals surface area (Å²) in [5, 5.41) is 35.3. The van der Waals surface area contributed by atoms with E-state index in [-0.39, 0.29) is 37.5 Å². The first-order valence-electron chi connectivity index (χ1n) is 24.0. The minimum absolute atomic E-state index is 0. The van der Waals surface area contributed by atoms with Crippen molar-refractivity contribution in [3.63, 3.8) is 0 Å².